The fourth-order valence-electron chi connectivity index (χ4n) is 3.02. The van der Waals surface area contributed by atoms with Gasteiger partial charge in [0.1, 0.15) is 13.2 Å². The van der Waals surface area contributed by atoms with Gasteiger partial charge in [0.2, 0.25) is 0 Å². The molecule has 1 saturated carbocycles. The highest BCUT2D eigenvalue weighted by atomic mass is 35.5. The van der Waals surface area contributed by atoms with Crippen molar-refractivity contribution in [1.82, 2.24) is 5.32 Å². The van der Waals surface area contributed by atoms with Crippen LogP contribution in [0.2, 0.25) is 5.02 Å². The van der Waals surface area contributed by atoms with Gasteiger partial charge in [-0.1, -0.05) is 31.4 Å². The number of amides is 1. The lowest BCUT2D eigenvalue weighted by atomic mass is 9.86. The van der Waals surface area contributed by atoms with E-state index in [2.05, 4.69) is 12.2 Å². The lowest BCUT2D eigenvalue weighted by molar-refractivity contribution is 0.0909. The summed E-state index contributed by atoms with van der Waals surface area (Å²) in [5.74, 6) is 1.52. The van der Waals surface area contributed by atoms with Gasteiger partial charge in [-0.15, -0.1) is 0 Å². The molecule has 1 aromatic rings. The predicted molar refractivity (Wildman–Crippen MR) is 81.3 cm³/mol. The number of nitrogens with one attached hydrogen (secondary N) is 1. The van der Waals surface area contributed by atoms with Gasteiger partial charge in [0.05, 0.1) is 5.02 Å². The standard InChI is InChI=1S/C16H20ClNO3/c1-10-4-2-3-5-13(10)18-16(19)11-8-12(17)15-14(9-11)20-6-7-21-15/h8-10,13H,2-7H2,1H3,(H,18,19)/t10-,13+/m1/s1. The average molecular weight is 310 g/mol. The molecule has 2 atom stereocenters. The van der Waals surface area contributed by atoms with Crippen LogP contribution in [0.4, 0.5) is 0 Å². The molecule has 4 nitrogen and oxygen atoms in total. The molecule has 3 rings (SSSR count). The molecule has 1 aromatic carbocycles. The molecule has 5 heteroatoms. The van der Waals surface area contributed by atoms with Crippen LogP contribution in [0.15, 0.2) is 12.1 Å². The van der Waals surface area contributed by atoms with E-state index in [-0.39, 0.29) is 11.9 Å². The van der Waals surface area contributed by atoms with Gasteiger partial charge in [0.15, 0.2) is 11.5 Å². The zero-order valence-electron chi connectivity index (χ0n) is 12.2. The summed E-state index contributed by atoms with van der Waals surface area (Å²) in [6.45, 7) is 3.16. The molecule has 0 unspecified atom stereocenters. The van der Waals surface area contributed by atoms with Gasteiger partial charge < -0.3 is 14.8 Å². The molecule has 1 aliphatic heterocycles. The maximum Gasteiger partial charge on any atom is 0.251 e. The molecular weight excluding hydrogens is 290 g/mol. The minimum absolute atomic E-state index is 0.0902. The normalized spacial score (nSPS) is 24.5. The van der Waals surface area contributed by atoms with Gasteiger partial charge in [-0.2, -0.15) is 0 Å². The third kappa shape index (κ3) is 3.10. The summed E-state index contributed by atoms with van der Waals surface area (Å²) >= 11 is 6.18. The van der Waals surface area contributed by atoms with Gasteiger partial charge in [0.25, 0.3) is 5.91 Å². The summed E-state index contributed by atoms with van der Waals surface area (Å²) in [5.41, 5.74) is 0.530. The van der Waals surface area contributed by atoms with Crippen molar-refractivity contribution in [2.75, 3.05) is 13.2 Å². The van der Waals surface area contributed by atoms with E-state index in [4.69, 9.17) is 21.1 Å². The summed E-state index contributed by atoms with van der Waals surface area (Å²) in [7, 11) is 0. The quantitative estimate of drug-likeness (QED) is 0.910. The summed E-state index contributed by atoms with van der Waals surface area (Å²) in [4.78, 5) is 12.4. The van der Waals surface area contributed by atoms with E-state index in [9.17, 15) is 4.79 Å². The van der Waals surface area contributed by atoms with Crippen molar-refractivity contribution in [1.29, 1.82) is 0 Å². The van der Waals surface area contributed by atoms with Crippen molar-refractivity contribution in [3.8, 4) is 11.5 Å². The number of rotatable bonds is 2. The maximum absolute atomic E-state index is 12.4. The second-order valence-electron chi connectivity index (χ2n) is 5.82. The van der Waals surface area contributed by atoms with E-state index < -0.39 is 0 Å². The molecule has 114 valence electrons. The van der Waals surface area contributed by atoms with Gasteiger partial charge in [-0.25, -0.2) is 0 Å². The lowest BCUT2D eigenvalue weighted by Gasteiger charge is -2.29. The van der Waals surface area contributed by atoms with Crippen LogP contribution in [0.1, 0.15) is 43.0 Å². The molecule has 0 spiro atoms. The van der Waals surface area contributed by atoms with E-state index >= 15 is 0 Å². The van der Waals surface area contributed by atoms with Gasteiger partial charge in [-0.3, -0.25) is 4.79 Å². The minimum atomic E-state index is -0.0902. The largest absolute Gasteiger partial charge is 0.486 e. The van der Waals surface area contributed by atoms with Crippen LogP contribution in [-0.2, 0) is 0 Å². The Morgan fingerprint density at radius 1 is 1.24 bits per heavy atom. The minimum Gasteiger partial charge on any atom is -0.486 e. The van der Waals surface area contributed by atoms with Gasteiger partial charge in [0, 0.05) is 11.6 Å². The highest BCUT2D eigenvalue weighted by Gasteiger charge is 2.25. The molecule has 1 heterocycles. The van der Waals surface area contributed by atoms with E-state index in [1.165, 1.54) is 19.3 Å². The molecule has 1 amide bonds. The number of carbonyl (C=O) groups excluding carboxylic acids is 1. The molecule has 1 aliphatic carbocycles. The predicted octanol–water partition coefficient (Wildman–Crippen LogP) is 3.42. The highest BCUT2D eigenvalue weighted by molar-refractivity contribution is 6.32. The van der Waals surface area contributed by atoms with Gasteiger partial charge >= 0.3 is 0 Å². The first-order chi connectivity index (χ1) is 10.1. The number of benzene rings is 1. The number of halogens is 1. The maximum atomic E-state index is 12.4. The molecular formula is C16H20ClNO3. The number of hydrogen-bond donors (Lipinski definition) is 1. The number of ether oxygens (including phenoxy) is 2. The highest BCUT2D eigenvalue weighted by Crippen LogP contribution is 2.38. The van der Waals surface area contributed by atoms with Crippen molar-refractivity contribution in [2.45, 2.75) is 38.6 Å². The SMILES string of the molecule is C[C@@H]1CCCC[C@@H]1NC(=O)c1cc(Cl)c2c(c1)OCCO2. The Morgan fingerprint density at radius 2 is 2.00 bits per heavy atom. The van der Waals surface area contributed by atoms with E-state index in [1.54, 1.807) is 12.1 Å². The van der Waals surface area contributed by atoms with Crippen molar-refractivity contribution in [3.05, 3.63) is 22.7 Å². The second-order valence-corrected chi connectivity index (χ2v) is 6.23. The van der Waals surface area contributed by atoms with E-state index in [0.717, 1.165) is 6.42 Å². The monoisotopic (exact) mass is 309 g/mol. The molecule has 21 heavy (non-hydrogen) atoms. The first-order valence-corrected chi connectivity index (χ1v) is 7.93. The Hall–Kier alpha value is -1.42. The van der Waals surface area contributed by atoms with Crippen LogP contribution in [0.5, 0.6) is 11.5 Å². The van der Waals surface area contributed by atoms with E-state index in [1.807, 2.05) is 0 Å². The molecule has 0 aromatic heterocycles. The Labute approximate surface area is 129 Å². The van der Waals surface area contributed by atoms with Crippen LogP contribution in [0.3, 0.4) is 0 Å². The topological polar surface area (TPSA) is 47.6 Å². The molecule has 0 radical (unpaired) electrons. The first kappa shape index (κ1) is 14.5. The zero-order chi connectivity index (χ0) is 14.8. The van der Waals surface area contributed by atoms with Crippen molar-refractivity contribution in [2.24, 2.45) is 5.92 Å². The van der Waals surface area contributed by atoms with Crippen LogP contribution in [0.25, 0.3) is 0 Å². The average Bonchev–Trinajstić information content (AvgIpc) is 2.49. The van der Waals surface area contributed by atoms with Crippen LogP contribution in [0, 0.1) is 5.92 Å². The van der Waals surface area contributed by atoms with Gasteiger partial charge in [-0.05, 0) is 30.9 Å². The van der Waals surface area contributed by atoms with Crippen molar-refractivity contribution >= 4 is 17.5 Å². The van der Waals surface area contributed by atoms with Crippen LogP contribution >= 0.6 is 11.6 Å². The third-order valence-corrected chi connectivity index (χ3v) is 4.57. The third-order valence-electron chi connectivity index (χ3n) is 4.29. The number of fused-ring (bicyclic) bond motifs is 1. The Bertz CT molecular complexity index is 547. The zero-order valence-corrected chi connectivity index (χ0v) is 12.9. The van der Waals surface area contributed by atoms with E-state index in [0.29, 0.717) is 41.2 Å². The lowest BCUT2D eigenvalue weighted by Crippen LogP contribution is -2.41. The number of hydrogen-bond acceptors (Lipinski definition) is 3. The number of carbonyl (C=O) groups is 1. The Balaban J connectivity index is 1.76. The van der Waals surface area contributed by atoms with Crippen molar-refractivity contribution in [3.63, 3.8) is 0 Å². The molecule has 2 aliphatic rings. The summed E-state index contributed by atoms with van der Waals surface area (Å²) in [6.07, 6.45) is 4.65. The molecule has 0 saturated heterocycles. The summed E-state index contributed by atoms with van der Waals surface area (Å²) in [6, 6.07) is 3.61. The summed E-state index contributed by atoms with van der Waals surface area (Å²) < 4.78 is 11.0. The Morgan fingerprint density at radius 3 is 2.81 bits per heavy atom. The first-order valence-electron chi connectivity index (χ1n) is 7.55. The fourth-order valence-corrected chi connectivity index (χ4v) is 3.29. The smallest absolute Gasteiger partial charge is 0.251 e. The second kappa shape index (κ2) is 6.14. The van der Waals surface area contributed by atoms with Crippen LogP contribution in [-0.4, -0.2) is 25.2 Å². The fraction of sp³-hybridized carbons (Fsp3) is 0.562. The van der Waals surface area contributed by atoms with Crippen molar-refractivity contribution < 1.29 is 14.3 Å². The molecule has 1 fully saturated rings. The Kier molecular flexibility index (Phi) is 4.24. The summed E-state index contributed by atoms with van der Waals surface area (Å²) in [5, 5.41) is 3.55. The molecule has 1 N–H and O–H groups in total. The molecule has 0 bridgehead atoms. The van der Waals surface area contributed by atoms with Crippen LogP contribution < -0.4 is 14.8 Å².